The maximum atomic E-state index is 12.4. The fraction of sp³-hybridized carbons (Fsp3) is 0.241. The van der Waals surface area contributed by atoms with Crippen molar-refractivity contribution >= 4 is 69.6 Å². The molecule has 16 rings (SSSR count). The van der Waals surface area contributed by atoms with Crippen LogP contribution in [0.1, 0.15) is 98.9 Å². The lowest BCUT2D eigenvalue weighted by Crippen LogP contribution is -2.42. The molecular weight excluding hydrogens is 1370 g/mol. The van der Waals surface area contributed by atoms with Crippen molar-refractivity contribution in [1.29, 1.82) is 0 Å². The molecule has 109 heavy (non-hydrogen) atoms. The summed E-state index contributed by atoms with van der Waals surface area (Å²) in [5.74, 6) is 1.87. The van der Waals surface area contributed by atoms with Crippen molar-refractivity contribution in [3.63, 3.8) is 0 Å². The Balaban J connectivity index is 0.000000128. The Morgan fingerprint density at radius 3 is 1.11 bits per heavy atom. The van der Waals surface area contributed by atoms with Crippen LogP contribution in [0, 0.1) is 55.4 Å². The second-order valence-electron chi connectivity index (χ2n) is 28.1. The molecule has 8 aromatic carbocycles. The molecule has 0 radical (unpaired) electrons. The minimum atomic E-state index is -0.644. The maximum Gasteiger partial charge on any atom is 0.349 e. The van der Waals surface area contributed by atoms with Gasteiger partial charge in [0.05, 0.1) is 44.8 Å². The van der Waals surface area contributed by atoms with Gasteiger partial charge in [-0.1, -0.05) is 146 Å². The smallest absolute Gasteiger partial charge is 0.322 e. The molecule has 22 nitrogen and oxygen atoms in total. The minimum absolute atomic E-state index is 0.200. The zero-order valence-corrected chi connectivity index (χ0v) is 62.6. The second kappa shape index (κ2) is 32.8. The minimum Gasteiger partial charge on any atom is -0.322 e. The van der Waals surface area contributed by atoms with E-state index in [1.165, 1.54) is 33.4 Å². The number of aryl methyl sites for hydroxylation is 14. The van der Waals surface area contributed by atoms with Gasteiger partial charge in [0.15, 0.2) is 45.4 Å². The summed E-state index contributed by atoms with van der Waals surface area (Å²) in [6.45, 7) is 26.7. The van der Waals surface area contributed by atoms with Gasteiger partial charge in [0.25, 0.3) is 22.2 Å². The summed E-state index contributed by atoms with van der Waals surface area (Å²) < 4.78 is 3.91. The molecule has 0 aliphatic carbocycles. The van der Waals surface area contributed by atoms with Gasteiger partial charge >= 0.3 is 11.4 Å². The van der Waals surface area contributed by atoms with Crippen LogP contribution in [0.3, 0.4) is 0 Å². The number of aromatic amines is 4. The number of hydrogen-bond donors (Lipinski definition) is 4. The van der Waals surface area contributed by atoms with Crippen LogP contribution in [0.15, 0.2) is 209 Å². The van der Waals surface area contributed by atoms with Crippen molar-refractivity contribution in [2.45, 2.75) is 126 Å². The Morgan fingerprint density at radius 2 is 0.697 bits per heavy atom. The van der Waals surface area contributed by atoms with Crippen LogP contribution in [0.25, 0.3) is 58.3 Å². The first kappa shape index (κ1) is 74.3. The van der Waals surface area contributed by atoms with E-state index >= 15 is 0 Å². The predicted molar refractivity (Wildman–Crippen MR) is 432 cm³/mol. The average Bonchev–Trinajstić information content (AvgIpc) is 0.775. The van der Waals surface area contributed by atoms with Crippen molar-refractivity contribution in [1.82, 2.24) is 59.0 Å². The molecule has 0 spiro atoms. The summed E-state index contributed by atoms with van der Waals surface area (Å²) in [6, 6.07) is 58.1. The molecule has 22 heteroatoms. The molecule has 0 fully saturated rings. The van der Waals surface area contributed by atoms with Gasteiger partial charge in [-0.05, 0) is 217 Å². The largest absolute Gasteiger partial charge is 0.349 e. The quantitative estimate of drug-likeness (QED) is 0.0487. The molecule has 0 atom stereocenters. The third kappa shape index (κ3) is 17.3. The van der Waals surface area contributed by atoms with Crippen LogP contribution < -0.4 is 65.1 Å². The standard InChI is InChI=1S/2C22H22N4O2.C22H22N4O.C21H20N4O/c2*1-13-6-8-16(9-7-13)5-4-10-26-18-12-15(3)14(2)11-17(18)23-19-20(26)24-22(28)25-21(19)27;1-15-11-12-19-18(14-15)25-20-21(23-16(2)24-22(20)27)26(19)13-7-6-10-17-8-4-3-5-9-17;1-14-10-11-18-17(13-14)24-19-20(22-15(2)23-21(19)26)25(18)12-6-9-16-7-4-3-5-8-16/h2*6-9,11-12H,4-5,10H2,1-3H3,(H,25,27,28);3-5,8-9,11-12,14H,2,6-7,10,13H2,1H3,(H,24,27);3-5,7-8,10-11,13H,2,6,9,12H2,1H3,(H,23,26). The van der Waals surface area contributed by atoms with E-state index in [0.717, 1.165) is 149 Å². The molecule has 0 unspecified atom stereocenters. The van der Waals surface area contributed by atoms with Gasteiger partial charge in [0, 0.05) is 26.2 Å². The van der Waals surface area contributed by atoms with Gasteiger partial charge < -0.3 is 28.9 Å². The number of unbranched alkanes of at least 4 members (excludes halogenated alkanes) is 1. The summed E-state index contributed by atoms with van der Waals surface area (Å²) in [7, 11) is 0. The number of anilines is 4. The molecule has 550 valence electrons. The van der Waals surface area contributed by atoms with Crippen molar-refractivity contribution in [2.24, 2.45) is 9.98 Å². The van der Waals surface area contributed by atoms with Gasteiger partial charge in [-0.15, -0.1) is 0 Å². The van der Waals surface area contributed by atoms with Crippen LogP contribution in [-0.2, 0) is 38.8 Å². The number of rotatable bonds is 17. The van der Waals surface area contributed by atoms with Crippen molar-refractivity contribution in [3.8, 4) is 23.0 Å². The van der Waals surface area contributed by atoms with E-state index in [1.54, 1.807) is 0 Å². The molecule has 0 saturated carbocycles. The first-order chi connectivity index (χ1) is 52.6. The highest BCUT2D eigenvalue weighted by molar-refractivity contribution is 5.83. The lowest BCUT2D eigenvalue weighted by Gasteiger charge is -2.28. The second-order valence-corrected chi connectivity index (χ2v) is 28.1. The van der Waals surface area contributed by atoms with Gasteiger partial charge in [0.2, 0.25) is 0 Å². The van der Waals surface area contributed by atoms with Crippen molar-refractivity contribution in [3.05, 3.63) is 321 Å². The lowest BCUT2D eigenvalue weighted by molar-refractivity contribution is 0.648. The fourth-order valence-corrected chi connectivity index (χ4v) is 13.7. The number of fused-ring (bicyclic) bond motifs is 8. The van der Waals surface area contributed by atoms with Crippen LogP contribution in [-0.4, -0.2) is 72.1 Å². The van der Waals surface area contributed by atoms with E-state index < -0.39 is 22.5 Å². The third-order valence-corrected chi connectivity index (χ3v) is 19.7. The topological polar surface area (TPSA) is 284 Å². The molecule has 2 aromatic heterocycles. The van der Waals surface area contributed by atoms with Crippen LogP contribution in [0.4, 0.5) is 34.4 Å². The Bertz CT molecular complexity index is 6090. The van der Waals surface area contributed by atoms with E-state index in [-0.39, 0.29) is 22.5 Å². The average molecular weight is 1450 g/mol. The zero-order chi connectivity index (χ0) is 76.6. The maximum absolute atomic E-state index is 12.4. The first-order valence-corrected chi connectivity index (χ1v) is 36.7. The van der Waals surface area contributed by atoms with E-state index in [4.69, 9.17) is 0 Å². The first-order valence-electron chi connectivity index (χ1n) is 36.7. The Morgan fingerprint density at radius 1 is 0.339 bits per heavy atom. The SMILES string of the molecule is C=c1nc2c(c(=O)[nH]1)=Nc1cc(C)ccc1N2CCCCc1ccccc1.C=c1nc2c(c(=O)[nH]1)=Nc1cc(C)ccc1N2CCCc1ccccc1.Cc1ccc(CCCn2c3nc(=O)[nH]c(=O)c-3nc3cc(C)c(C)cc32)cc1.Cc1ccc(CCCn2c3nc(=O)[nH]c(=O)c-3nc3cc(C)c(C)cc32)cc1. The van der Waals surface area contributed by atoms with E-state index in [9.17, 15) is 28.8 Å². The normalized spacial score (nSPS) is 11.8. The van der Waals surface area contributed by atoms with Gasteiger partial charge in [0.1, 0.15) is 11.0 Å². The van der Waals surface area contributed by atoms with E-state index in [2.05, 4.69) is 224 Å². The van der Waals surface area contributed by atoms with Gasteiger partial charge in [-0.2, -0.15) is 9.97 Å². The number of hydrogen-bond acceptors (Lipinski definition) is 16. The third-order valence-electron chi connectivity index (χ3n) is 19.7. The van der Waals surface area contributed by atoms with Crippen LogP contribution in [0.2, 0.25) is 0 Å². The number of nitrogens with one attached hydrogen (secondary N) is 4. The fourth-order valence-electron chi connectivity index (χ4n) is 13.7. The Labute approximate surface area is 628 Å². The summed E-state index contributed by atoms with van der Waals surface area (Å²) in [4.78, 5) is 122. The highest BCUT2D eigenvalue weighted by atomic mass is 16.2. The monoisotopic (exact) mass is 1450 g/mol. The molecule has 0 bridgehead atoms. The van der Waals surface area contributed by atoms with Gasteiger partial charge in [-0.25, -0.2) is 39.5 Å². The Kier molecular flexibility index (Phi) is 22.4. The molecule has 4 N–H and O–H groups in total. The number of aromatic nitrogens is 12. The van der Waals surface area contributed by atoms with E-state index in [0.29, 0.717) is 58.0 Å². The molecule has 0 saturated heterocycles. The Hall–Kier alpha value is -13.0. The summed E-state index contributed by atoms with van der Waals surface area (Å²) >= 11 is 0. The van der Waals surface area contributed by atoms with Crippen molar-refractivity contribution in [2.75, 3.05) is 22.9 Å². The van der Waals surface area contributed by atoms with Crippen molar-refractivity contribution < 1.29 is 0 Å². The number of H-pyrrole nitrogens is 4. The number of nitrogens with zero attached hydrogens (tertiary/aromatic N) is 12. The molecule has 10 aromatic rings. The van der Waals surface area contributed by atoms with Crippen LogP contribution in [0.5, 0.6) is 0 Å². The molecule has 6 aliphatic heterocycles. The predicted octanol–water partition coefficient (Wildman–Crippen LogP) is 11.7. The molecule has 6 aliphatic rings. The summed E-state index contributed by atoms with van der Waals surface area (Å²) in [5.41, 5.74) is 19.5. The lowest BCUT2D eigenvalue weighted by atomic mass is 10.1. The summed E-state index contributed by atoms with van der Waals surface area (Å²) in [5, 5.41) is 0.721. The highest BCUT2D eigenvalue weighted by Crippen LogP contribution is 2.37. The molecule has 8 heterocycles. The summed E-state index contributed by atoms with van der Waals surface area (Å²) in [6.07, 6.45) is 8.51. The van der Waals surface area contributed by atoms with E-state index in [1.807, 2.05) is 93.1 Å². The zero-order valence-electron chi connectivity index (χ0n) is 62.6. The van der Waals surface area contributed by atoms with Crippen LogP contribution >= 0.6 is 0 Å². The number of benzene rings is 8. The molecule has 0 amide bonds. The highest BCUT2D eigenvalue weighted by Gasteiger charge is 2.26. The molecular formula is C87H86N16O6. The van der Waals surface area contributed by atoms with Gasteiger partial charge in [-0.3, -0.25) is 29.1 Å².